The number of carbonyl (C=O) groups excluding carboxylic acids is 1. The summed E-state index contributed by atoms with van der Waals surface area (Å²) in [6.45, 7) is 10.3. The zero-order valence-corrected chi connectivity index (χ0v) is 16.4. The molecule has 7 heteroatoms. The fourth-order valence-electron chi connectivity index (χ4n) is 2.77. The van der Waals surface area contributed by atoms with Crippen LogP contribution in [-0.4, -0.2) is 56.4 Å². The molecule has 0 saturated carbocycles. The fraction of sp³-hybridized carbons (Fsp3) is 0.611. The van der Waals surface area contributed by atoms with Crippen LogP contribution in [-0.2, 0) is 10.0 Å². The van der Waals surface area contributed by atoms with Gasteiger partial charge in [-0.3, -0.25) is 0 Å². The Labute approximate surface area is 151 Å². The summed E-state index contributed by atoms with van der Waals surface area (Å²) in [5, 5.41) is 2.93. The van der Waals surface area contributed by atoms with E-state index in [4.69, 9.17) is 0 Å². The zero-order valence-electron chi connectivity index (χ0n) is 15.6. The molecule has 1 fully saturated rings. The van der Waals surface area contributed by atoms with Crippen LogP contribution < -0.4 is 5.32 Å². The molecule has 1 aromatic rings. The van der Waals surface area contributed by atoms with E-state index in [1.165, 1.54) is 4.31 Å². The summed E-state index contributed by atoms with van der Waals surface area (Å²) in [5.41, 5.74) is 0.758. The number of amides is 2. The second-order valence-electron chi connectivity index (χ2n) is 7.73. The van der Waals surface area contributed by atoms with Crippen molar-refractivity contribution in [2.75, 3.05) is 32.7 Å². The van der Waals surface area contributed by atoms with Crippen LogP contribution in [0.3, 0.4) is 0 Å². The minimum atomic E-state index is -3.53. The summed E-state index contributed by atoms with van der Waals surface area (Å²) in [4.78, 5) is 14.4. The molecule has 0 atom stereocenters. The van der Waals surface area contributed by atoms with Crippen LogP contribution in [0.25, 0.3) is 0 Å². The molecule has 25 heavy (non-hydrogen) atoms. The van der Waals surface area contributed by atoms with E-state index in [1.807, 2.05) is 6.07 Å². The standard InChI is InChI=1S/C18H29N3O3S/c1-15-8-5-6-9-16(15)25(23,24)21-11-7-10-20(12-13-21)17(22)19-14-18(2,3)4/h5-6,8-9H,7,10-14H2,1-4H3,(H,19,22). The number of hydrogen-bond acceptors (Lipinski definition) is 3. The van der Waals surface area contributed by atoms with Crippen LogP contribution in [0.15, 0.2) is 29.2 Å². The molecular weight excluding hydrogens is 338 g/mol. The molecule has 0 aromatic heterocycles. The van der Waals surface area contributed by atoms with E-state index in [0.717, 1.165) is 5.56 Å². The molecule has 1 aliphatic heterocycles. The Hall–Kier alpha value is -1.60. The van der Waals surface area contributed by atoms with Crippen molar-refractivity contribution in [3.63, 3.8) is 0 Å². The monoisotopic (exact) mass is 367 g/mol. The summed E-state index contributed by atoms with van der Waals surface area (Å²) in [5.74, 6) is 0. The summed E-state index contributed by atoms with van der Waals surface area (Å²) in [6, 6.07) is 6.90. The van der Waals surface area contributed by atoms with E-state index in [1.54, 1.807) is 30.0 Å². The number of rotatable bonds is 3. The van der Waals surface area contributed by atoms with Gasteiger partial charge in [-0.25, -0.2) is 13.2 Å². The molecule has 1 N–H and O–H groups in total. The van der Waals surface area contributed by atoms with Gasteiger partial charge in [0.15, 0.2) is 0 Å². The number of urea groups is 1. The highest BCUT2D eigenvalue weighted by molar-refractivity contribution is 7.89. The summed E-state index contributed by atoms with van der Waals surface area (Å²) in [6.07, 6.45) is 0.633. The van der Waals surface area contributed by atoms with Gasteiger partial charge < -0.3 is 10.2 Å². The third-order valence-corrected chi connectivity index (χ3v) is 6.28. The second kappa shape index (κ2) is 7.74. The lowest BCUT2D eigenvalue weighted by atomic mass is 9.97. The van der Waals surface area contributed by atoms with Crippen molar-refractivity contribution >= 4 is 16.1 Å². The number of sulfonamides is 1. The molecule has 1 heterocycles. The molecule has 1 aromatic carbocycles. The van der Waals surface area contributed by atoms with E-state index in [2.05, 4.69) is 26.1 Å². The van der Waals surface area contributed by atoms with Crippen molar-refractivity contribution in [3.05, 3.63) is 29.8 Å². The predicted molar refractivity (Wildman–Crippen MR) is 99.0 cm³/mol. The van der Waals surface area contributed by atoms with Crippen molar-refractivity contribution in [2.45, 2.75) is 39.0 Å². The van der Waals surface area contributed by atoms with Crippen molar-refractivity contribution in [1.82, 2.24) is 14.5 Å². The Morgan fingerprint density at radius 2 is 1.80 bits per heavy atom. The van der Waals surface area contributed by atoms with Gasteiger partial charge in [0.2, 0.25) is 10.0 Å². The van der Waals surface area contributed by atoms with Crippen molar-refractivity contribution < 1.29 is 13.2 Å². The molecule has 6 nitrogen and oxygen atoms in total. The molecule has 0 unspecified atom stereocenters. The third-order valence-electron chi connectivity index (χ3n) is 4.22. The topological polar surface area (TPSA) is 69.7 Å². The molecule has 140 valence electrons. The number of hydrogen-bond donors (Lipinski definition) is 1. The van der Waals surface area contributed by atoms with E-state index in [0.29, 0.717) is 44.0 Å². The minimum Gasteiger partial charge on any atom is -0.337 e. The summed E-state index contributed by atoms with van der Waals surface area (Å²) < 4.78 is 27.3. The van der Waals surface area contributed by atoms with Gasteiger partial charge in [0, 0.05) is 32.7 Å². The minimum absolute atomic E-state index is 0.0156. The quantitative estimate of drug-likeness (QED) is 0.892. The first kappa shape index (κ1) is 19.7. The molecule has 0 spiro atoms. The van der Waals surface area contributed by atoms with Crippen LogP contribution in [0.5, 0.6) is 0 Å². The average molecular weight is 368 g/mol. The Bertz CT molecular complexity index is 711. The SMILES string of the molecule is Cc1ccccc1S(=O)(=O)N1CCCN(C(=O)NCC(C)(C)C)CC1. The van der Waals surface area contributed by atoms with E-state index in [9.17, 15) is 13.2 Å². The number of nitrogens with one attached hydrogen (secondary N) is 1. The maximum Gasteiger partial charge on any atom is 0.317 e. The van der Waals surface area contributed by atoms with Crippen molar-refractivity contribution in [2.24, 2.45) is 5.41 Å². The molecule has 2 amide bonds. The highest BCUT2D eigenvalue weighted by atomic mass is 32.2. The Morgan fingerprint density at radius 1 is 1.12 bits per heavy atom. The van der Waals surface area contributed by atoms with Gasteiger partial charge in [0.05, 0.1) is 4.90 Å². The molecule has 0 bridgehead atoms. The smallest absolute Gasteiger partial charge is 0.317 e. The van der Waals surface area contributed by atoms with E-state index >= 15 is 0 Å². The Morgan fingerprint density at radius 3 is 2.44 bits per heavy atom. The second-order valence-corrected chi connectivity index (χ2v) is 9.64. The van der Waals surface area contributed by atoms with Gasteiger partial charge in [-0.2, -0.15) is 4.31 Å². The van der Waals surface area contributed by atoms with E-state index in [-0.39, 0.29) is 11.4 Å². The number of aryl methyl sites for hydroxylation is 1. The molecule has 2 rings (SSSR count). The molecule has 0 radical (unpaired) electrons. The van der Waals surface area contributed by atoms with Gasteiger partial charge >= 0.3 is 6.03 Å². The first-order valence-electron chi connectivity index (χ1n) is 8.70. The summed E-state index contributed by atoms with van der Waals surface area (Å²) >= 11 is 0. The van der Waals surface area contributed by atoms with Crippen LogP contribution in [0, 0.1) is 12.3 Å². The van der Waals surface area contributed by atoms with Gasteiger partial charge in [0.1, 0.15) is 0 Å². The lowest BCUT2D eigenvalue weighted by molar-refractivity contribution is 0.195. The predicted octanol–water partition coefficient (Wildman–Crippen LogP) is 2.45. The van der Waals surface area contributed by atoms with Crippen LogP contribution >= 0.6 is 0 Å². The number of benzene rings is 1. The van der Waals surface area contributed by atoms with Crippen LogP contribution in [0.4, 0.5) is 4.79 Å². The van der Waals surface area contributed by atoms with Crippen LogP contribution in [0.1, 0.15) is 32.8 Å². The van der Waals surface area contributed by atoms with Gasteiger partial charge in [0.25, 0.3) is 0 Å². The first-order chi connectivity index (χ1) is 11.6. The summed E-state index contributed by atoms with van der Waals surface area (Å²) in [7, 11) is -3.53. The largest absolute Gasteiger partial charge is 0.337 e. The van der Waals surface area contributed by atoms with E-state index < -0.39 is 10.0 Å². The third kappa shape index (κ3) is 5.19. The normalized spacial score (nSPS) is 17.2. The molecule has 1 saturated heterocycles. The lowest BCUT2D eigenvalue weighted by Crippen LogP contribution is -2.44. The first-order valence-corrected chi connectivity index (χ1v) is 10.1. The Kier molecular flexibility index (Phi) is 6.11. The number of nitrogens with zero attached hydrogens (tertiary/aromatic N) is 2. The van der Waals surface area contributed by atoms with Crippen molar-refractivity contribution in [3.8, 4) is 0 Å². The van der Waals surface area contributed by atoms with Crippen LogP contribution in [0.2, 0.25) is 0 Å². The van der Waals surface area contributed by atoms with Gasteiger partial charge in [-0.05, 0) is 30.4 Å². The maximum atomic E-state index is 12.9. The van der Waals surface area contributed by atoms with Crippen molar-refractivity contribution in [1.29, 1.82) is 0 Å². The molecular formula is C18H29N3O3S. The number of carbonyl (C=O) groups is 1. The highest BCUT2D eigenvalue weighted by Crippen LogP contribution is 2.21. The average Bonchev–Trinajstić information content (AvgIpc) is 2.78. The zero-order chi connectivity index (χ0) is 18.7. The molecule has 0 aliphatic carbocycles. The Balaban J connectivity index is 2.04. The highest BCUT2D eigenvalue weighted by Gasteiger charge is 2.29. The fourth-order valence-corrected chi connectivity index (χ4v) is 4.47. The maximum absolute atomic E-state index is 12.9. The van der Waals surface area contributed by atoms with Gasteiger partial charge in [-0.15, -0.1) is 0 Å². The van der Waals surface area contributed by atoms with Gasteiger partial charge in [-0.1, -0.05) is 39.0 Å². The molecule has 1 aliphatic rings. The lowest BCUT2D eigenvalue weighted by Gasteiger charge is -2.25.